The minimum absolute atomic E-state index is 0.354. The third-order valence-corrected chi connectivity index (χ3v) is 3.00. The molecule has 0 saturated carbocycles. The number of hydrogen-bond acceptors (Lipinski definition) is 5. The Morgan fingerprint density at radius 3 is 2.75 bits per heavy atom. The van der Waals surface area contributed by atoms with Crippen LogP contribution in [-0.4, -0.2) is 27.8 Å². The van der Waals surface area contributed by atoms with Gasteiger partial charge in [-0.1, -0.05) is 0 Å². The number of esters is 1. The van der Waals surface area contributed by atoms with Crippen LogP contribution in [0, 0.1) is 13.8 Å². The lowest BCUT2D eigenvalue weighted by Gasteiger charge is -2.06. The van der Waals surface area contributed by atoms with Crippen molar-refractivity contribution in [2.24, 2.45) is 0 Å². The fourth-order valence-corrected chi connectivity index (χ4v) is 1.85. The third-order valence-electron chi connectivity index (χ3n) is 3.00. The lowest BCUT2D eigenvalue weighted by atomic mass is 10.2. The Morgan fingerprint density at radius 1 is 1.40 bits per heavy atom. The van der Waals surface area contributed by atoms with Crippen LogP contribution >= 0.6 is 0 Å². The number of ether oxygens (including phenoxy) is 1. The van der Waals surface area contributed by atoms with Gasteiger partial charge in [0, 0.05) is 24.0 Å². The smallest absolute Gasteiger partial charge is 0.339 e. The van der Waals surface area contributed by atoms with Gasteiger partial charge in [0.1, 0.15) is 5.82 Å². The highest BCUT2D eigenvalue weighted by Gasteiger charge is 2.08. The van der Waals surface area contributed by atoms with E-state index in [9.17, 15) is 4.79 Å². The number of hydrogen-bond donors (Lipinski definition) is 2. The second kappa shape index (κ2) is 6.18. The second-order valence-corrected chi connectivity index (χ2v) is 4.42. The Bertz CT molecular complexity index is 570. The molecule has 0 radical (unpaired) electrons. The fourth-order valence-electron chi connectivity index (χ4n) is 1.85. The van der Waals surface area contributed by atoms with E-state index in [0.717, 1.165) is 17.0 Å². The Morgan fingerprint density at radius 2 is 2.20 bits per heavy atom. The van der Waals surface area contributed by atoms with E-state index in [1.165, 1.54) is 6.20 Å². The van der Waals surface area contributed by atoms with Gasteiger partial charge in [-0.2, -0.15) is 5.10 Å². The maximum atomic E-state index is 11.5. The number of aromatic nitrogens is 3. The molecule has 0 aliphatic carbocycles. The van der Waals surface area contributed by atoms with Crippen LogP contribution in [0.2, 0.25) is 0 Å². The number of aryl methyl sites for hydroxylation is 2. The monoisotopic (exact) mass is 274 g/mol. The molecule has 0 saturated heterocycles. The minimum atomic E-state index is -0.354. The molecule has 106 valence electrons. The maximum absolute atomic E-state index is 11.5. The molecule has 0 amide bonds. The summed E-state index contributed by atoms with van der Waals surface area (Å²) in [6.07, 6.45) is 1.51. The summed E-state index contributed by atoms with van der Waals surface area (Å²) < 4.78 is 4.91. The highest BCUT2D eigenvalue weighted by Crippen LogP contribution is 2.12. The molecule has 0 aliphatic heterocycles. The van der Waals surface area contributed by atoms with Crippen LogP contribution in [0.5, 0.6) is 0 Å². The molecule has 0 bridgehead atoms. The summed E-state index contributed by atoms with van der Waals surface area (Å²) in [7, 11) is 0. The number of nitrogens with zero attached hydrogens (tertiary/aromatic N) is 2. The van der Waals surface area contributed by atoms with Crippen molar-refractivity contribution in [3.63, 3.8) is 0 Å². The van der Waals surface area contributed by atoms with E-state index in [-0.39, 0.29) is 5.97 Å². The molecule has 0 aromatic carbocycles. The third kappa shape index (κ3) is 3.14. The van der Waals surface area contributed by atoms with Crippen LogP contribution in [0.25, 0.3) is 0 Å². The van der Waals surface area contributed by atoms with Gasteiger partial charge >= 0.3 is 5.97 Å². The Labute approximate surface area is 117 Å². The van der Waals surface area contributed by atoms with Crippen molar-refractivity contribution in [2.75, 3.05) is 11.9 Å². The van der Waals surface area contributed by atoms with E-state index < -0.39 is 0 Å². The lowest BCUT2D eigenvalue weighted by molar-refractivity contribution is 0.0526. The van der Waals surface area contributed by atoms with Gasteiger partial charge in [0.15, 0.2) is 0 Å². The van der Waals surface area contributed by atoms with Gasteiger partial charge < -0.3 is 10.1 Å². The molecule has 0 fully saturated rings. The van der Waals surface area contributed by atoms with E-state index in [1.807, 2.05) is 13.8 Å². The van der Waals surface area contributed by atoms with Crippen molar-refractivity contribution in [3.8, 4) is 0 Å². The summed E-state index contributed by atoms with van der Waals surface area (Å²) in [5.74, 6) is 0.353. The fraction of sp³-hybridized carbons (Fsp3) is 0.357. The summed E-state index contributed by atoms with van der Waals surface area (Å²) in [6.45, 7) is 6.71. The number of pyridine rings is 1. The van der Waals surface area contributed by atoms with Crippen LogP contribution in [0.3, 0.4) is 0 Å². The molecule has 2 rings (SSSR count). The molecule has 2 heterocycles. The zero-order chi connectivity index (χ0) is 14.5. The standard InChI is InChI=1S/C14H18N4O2/c1-4-20-14(19)11-5-6-13(15-7-11)16-8-12-9(2)17-18-10(12)3/h5-7H,4,8H2,1-3H3,(H,15,16)(H,17,18). The maximum Gasteiger partial charge on any atom is 0.339 e. The summed E-state index contributed by atoms with van der Waals surface area (Å²) >= 11 is 0. The quantitative estimate of drug-likeness (QED) is 0.817. The summed E-state index contributed by atoms with van der Waals surface area (Å²) in [5.41, 5.74) is 3.59. The second-order valence-electron chi connectivity index (χ2n) is 4.42. The minimum Gasteiger partial charge on any atom is -0.462 e. The number of aromatic amines is 1. The van der Waals surface area contributed by atoms with Gasteiger partial charge in [-0.05, 0) is 32.9 Å². The van der Waals surface area contributed by atoms with Gasteiger partial charge in [0.25, 0.3) is 0 Å². The molecule has 6 nitrogen and oxygen atoms in total. The van der Waals surface area contributed by atoms with Gasteiger partial charge in [0.05, 0.1) is 17.9 Å². The number of rotatable bonds is 5. The summed E-state index contributed by atoms with van der Waals surface area (Å²) in [5, 5.41) is 10.3. The van der Waals surface area contributed by atoms with Crippen molar-refractivity contribution in [3.05, 3.63) is 40.8 Å². The zero-order valence-electron chi connectivity index (χ0n) is 11.9. The first-order valence-electron chi connectivity index (χ1n) is 6.49. The molecule has 0 aliphatic rings. The lowest BCUT2D eigenvalue weighted by Crippen LogP contribution is -2.07. The van der Waals surface area contributed by atoms with Crippen LogP contribution in [0.15, 0.2) is 18.3 Å². The number of anilines is 1. The average molecular weight is 274 g/mol. The van der Waals surface area contributed by atoms with E-state index >= 15 is 0 Å². The predicted octanol–water partition coefficient (Wildman–Crippen LogP) is 2.21. The highest BCUT2D eigenvalue weighted by atomic mass is 16.5. The van der Waals surface area contributed by atoms with Crippen LogP contribution < -0.4 is 5.32 Å². The SMILES string of the molecule is CCOC(=O)c1ccc(NCc2c(C)n[nH]c2C)nc1. The van der Waals surface area contributed by atoms with Crippen molar-refractivity contribution in [1.82, 2.24) is 15.2 Å². The molecule has 2 aromatic heterocycles. The first kappa shape index (κ1) is 14.0. The molecule has 0 atom stereocenters. The first-order chi connectivity index (χ1) is 9.61. The molecule has 2 aromatic rings. The van der Waals surface area contributed by atoms with Crippen molar-refractivity contribution < 1.29 is 9.53 Å². The molecule has 2 N–H and O–H groups in total. The summed E-state index contributed by atoms with van der Waals surface area (Å²) in [4.78, 5) is 15.7. The highest BCUT2D eigenvalue weighted by molar-refractivity contribution is 5.89. The average Bonchev–Trinajstić information content (AvgIpc) is 2.77. The number of carbonyl (C=O) groups excluding carboxylic acids is 1. The zero-order valence-corrected chi connectivity index (χ0v) is 11.9. The Balaban J connectivity index is 1.99. The van der Waals surface area contributed by atoms with Crippen LogP contribution in [0.1, 0.15) is 34.2 Å². The number of carbonyl (C=O) groups is 1. The van der Waals surface area contributed by atoms with Gasteiger partial charge in [-0.25, -0.2) is 9.78 Å². The van der Waals surface area contributed by atoms with Crippen molar-refractivity contribution in [1.29, 1.82) is 0 Å². The molecule has 0 spiro atoms. The largest absolute Gasteiger partial charge is 0.462 e. The number of H-pyrrole nitrogens is 1. The van der Waals surface area contributed by atoms with E-state index in [1.54, 1.807) is 19.1 Å². The van der Waals surface area contributed by atoms with Gasteiger partial charge in [-0.15, -0.1) is 0 Å². The van der Waals surface area contributed by atoms with Gasteiger partial charge in [0.2, 0.25) is 0 Å². The van der Waals surface area contributed by atoms with Crippen molar-refractivity contribution in [2.45, 2.75) is 27.3 Å². The molecule has 0 unspecified atom stereocenters. The van der Waals surface area contributed by atoms with E-state index in [0.29, 0.717) is 24.5 Å². The molecular weight excluding hydrogens is 256 g/mol. The molecule has 20 heavy (non-hydrogen) atoms. The number of nitrogens with one attached hydrogen (secondary N) is 2. The molecule has 6 heteroatoms. The Kier molecular flexibility index (Phi) is 4.34. The molecular formula is C14H18N4O2. The van der Waals surface area contributed by atoms with Gasteiger partial charge in [-0.3, -0.25) is 5.10 Å². The Hall–Kier alpha value is -2.37. The summed E-state index contributed by atoms with van der Waals surface area (Å²) in [6, 6.07) is 3.46. The van der Waals surface area contributed by atoms with E-state index in [2.05, 4.69) is 20.5 Å². The normalized spacial score (nSPS) is 10.3. The van der Waals surface area contributed by atoms with Crippen LogP contribution in [0.4, 0.5) is 5.82 Å². The topological polar surface area (TPSA) is 79.9 Å². The predicted molar refractivity (Wildman–Crippen MR) is 75.6 cm³/mol. The van der Waals surface area contributed by atoms with Crippen LogP contribution in [-0.2, 0) is 11.3 Å². The first-order valence-corrected chi connectivity index (χ1v) is 6.49. The van der Waals surface area contributed by atoms with E-state index in [4.69, 9.17) is 4.74 Å². The van der Waals surface area contributed by atoms with Crippen molar-refractivity contribution >= 4 is 11.8 Å².